The standard InChI is InChI=1S/C35H48O2.C33H44O2/c1-33(2)21-35(29-19-31(36)25(17-27(29)33)23-13-9-5-6-10-14-23)22-34(3,4)28-18-26(32(37)20-30(28)35)24-15-11-7-8-12-16-24;1-31(2)19-33(27-17-29(34)23(15-25(27)31)21-11-7-5-8-12-21)20-32(3,4)26-16-24(30(35)18-28(26)33)22-13-9-6-10-14-22/h17-20,23-24,36-37H,5-16,21-22H2,1-4H3;15-18,21-22,34-35H,5-14,19-20H2,1-4H3. The van der Waals surface area contributed by atoms with Crippen LogP contribution in [0.25, 0.3) is 0 Å². The summed E-state index contributed by atoms with van der Waals surface area (Å²) in [4.78, 5) is 0. The second-order valence-corrected chi connectivity index (χ2v) is 28.3. The van der Waals surface area contributed by atoms with Crippen LogP contribution in [-0.2, 0) is 32.5 Å². The van der Waals surface area contributed by atoms with Crippen molar-refractivity contribution in [3.8, 4) is 23.0 Å². The van der Waals surface area contributed by atoms with E-state index in [1.54, 1.807) is 0 Å². The van der Waals surface area contributed by atoms with Crippen molar-refractivity contribution in [2.45, 2.75) is 278 Å². The van der Waals surface area contributed by atoms with E-state index < -0.39 is 0 Å². The summed E-state index contributed by atoms with van der Waals surface area (Å²) in [5, 5.41) is 45.6. The van der Waals surface area contributed by atoms with Gasteiger partial charge in [-0.25, -0.2) is 0 Å². The maximum absolute atomic E-state index is 11.5. The number of fused-ring (bicyclic) bond motifs is 8. The third kappa shape index (κ3) is 8.44. The van der Waals surface area contributed by atoms with Gasteiger partial charge >= 0.3 is 0 Å². The number of rotatable bonds is 4. The zero-order valence-corrected chi connectivity index (χ0v) is 46.1. The van der Waals surface area contributed by atoms with Gasteiger partial charge < -0.3 is 20.4 Å². The molecular weight excluding hydrogens is 881 g/mol. The van der Waals surface area contributed by atoms with Crippen molar-refractivity contribution in [2.24, 2.45) is 0 Å². The predicted molar refractivity (Wildman–Crippen MR) is 297 cm³/mol. The van der Waals surface area contributed by atoms with Crippen LogP contribution in [0.4, 0.5) is 0 Å². The highest BCUT2D eigenvalue weighted by Gasteiger charge is 2.59. The average Bonchev–Trinajstić information content (AvgIpc) is 3.62. The summed E-state index contributed by atoms with van der Waals surface area (Å²) in [6.45, 7) is 19.2. The fraction of sp³-hybridized carbons (Fsp3) is 0.647. The molecule has 0 unspecified atom stereocenters. The van der Waals surface area contributed by atoms with Gasteiger partial charge in [0.25, 0.3) is 0 Å². The Morgan fingerprint density at radius 3 is 0.639 bits per heavy atom. The first-order valence-electron chi connectivity index (χ1n) is 29.8. The fourth-order valence-corrected chi connectivity index (χ4v) is 18.1. The number of hydrogen-bond donors (Lipinski definition) is 4. The third-order valence-electron chi connectivity index (χ3n) is 21.3. The Balaban J connectivity index is 0.000000156. The lowest BCUT2D eigenvalue weighted by Crippen LogP contribution is -2.27. The molecule has 8 aliphatic rings. The summed E-state index contributed by atoms with van der Waals surface area (Å²) in [6, 6.07) is 18.2. The summed E-state index contributed by atoms with van der Waals surface area (Å²) in [7, 11) is 0. The lowest BCUT2D eigenvalue weighted by Gasteiger charge is -2.31. The SMILES string of the molecule is CC1(C)CC2(CC(C)(C)c3cc(C4CCCCC4)c(O)cc32)c2cc(O)c(C3CCCCC3)cc21.CC1(C)CC2(CC(C)(C)c3cc(C4CCCCCC4)c(O)cc32)c2cc(O)c(C3CCCCCC3)cc21. The molecule has 4 heteroatoms. The van der Waals surface area contributed by atoms with Gasteiger partial charge in [-0.1, -0.05) is 170 Å². The Labute approximate surface area is 435 Å². The minimum absolute atomic E-state index is 0.0375. The van der Waals surface area contributed by atoms with Crippen molar-refractivity contribution in [1.82, 2.24) is 0 Å². The van der Waals surface area contributed by atoms with Crippen molar-refractivity contribution >= 4 is 0 Å². The average molecular weight is 973 g/mol. The largest absolute Gasteiger partial charge is 0.508 e. The van der Waals surface area contributed by atoms with Gasteiger partial charge in [0.15, 0.2) is 0 Å². The Morgan fingerprint density at radius 2 is 0.444 bits per heavy atom. The molecule has 2 spiro atoms. The normalized spacial score (nSPS) is 25.0. The van der Waals surface area contributed by atoms with Gasteiger partial charge in [-0.15, -0.1) is 0 Å². The molecule has 388 valence electrons. The van der Waals surface area contributed by atoms with Crippen molar-refractivity contribution in [1.29, 1.82) is 0 Å². The molecule has 72 heavy (non-hydrogen) atoms. The van der Waals surface area contributed by atoms with E-state index in [4.69, 9.17) is 0 Å². The Hall–Kier alpha value is -3.92. The fourth-order valence-electron chi connectivity index (χ4n) is 18.1. The van der Waals surface area contributed by atoms with Crippen LogP contribution < -0.4 is 0 Å². The lowest BCUT2D eigenvalue weighted by molar-refractivity contribution is 0.348. The van der Waals surface area contributed by atoms with Crippen LogP contribution in [0.15, 0.2) is 48.5 Å². The van der Waals surface area contributed by atoms with E-state index in [1.165, 1.54) is 208 Å². The van der Waals surface area contributed by atoms with Crippen molar-refractivity contribution in [3.63, 3.8) is 0 Å². The summed E-state index contributed by atoms with van der Waals surface area (Å²) in [6.07, 6.45) is 32.0. The number of phenolic OH excluding ortho intramolecular Hbond substituents is 4. The Morgan fingerprint density at radius 1 is 0.264 bits per heavy atom. The molecule has 4 aromatic carbocycles. The second-order valence-electron chi connectivity index (χ2n) is 28.3. The summed E-state index contributed by atoms with van der Waals surface area (Å²) < 4.78 is 0. The maximum atomic E-state index is 11.5. The molecule has 0 atom stereocenters. The number of aromatic hydroxyl groups is 4. The molecule has 4 N–H and O–H groups in total. The van der Waals surface area contributed by atoms with Gasteiger partial charge in [0.1, 0.15) is 23.0 Å². The first-order chi connectivity index (χ1) is 34.2. The van der Waals surface area contributed by atoms with Crippen molar-refractivity contribution in [3.05, 3.63) is 115 Å². The van der Waals surface area contributed by atoms with Crippen molar-refractivity contribution in [2.75, 3.05) is 0 Å². The zero-order chi connectivity index (χ0) is 50.6. The van der Waals surface area contributed by atoms with Crippen molar-refractivity contribution < 1.29 is 20.4 Å². The predicted octanol–water partition coefficient (Wildman–Crippen LogP) is 18.5. The smallest absolute Gasteiger partial charge is 0.119 e. The molecular formula is C68H92O4. The molecule has 0 aromatic heterocycles. The minimum atomic E-state index is -0.142. The van der Waals surface area contributed by atoms with Crippen LogP contribution in [0.1, 0.15) is 313 Å². The molecule has 4 nitrogen and oxygen atoms in total. The van der Waals surface area contributed by atoms with E-state index >= 15 is 0 Å². The lowest BCUT2D eigenvalue weighted by atomic mass is 9.72. The number of benzene rings is 4. The molecule has 0 aliphatic heterocycles. The van der Waals surface area contributed by atoms with E-state index in [1.807, 2.05) is 0 Å². The molecule has 4 fully saturated rings. The first-order valence-corrected chi connectivity index (χ1v) is 29.8. The highest BCUT2D eigenvalue weighted by atomic mass is 16.3. The molecule has 0 saturated heterocycles. The number of hydrogen-bond acceptors (Lipinski definition) is 4. The van der Waals surface area contributed by atoms with Gasteiger partial charge in [0.05, 0.1) is 0 Å². The second kappa shape index (κ2) is 18.4. The van der Waals surface area contributed by atoms with E-state index in [-0.39, 0.29) is 32.5 Å². The topological polar surface area (TPSA) is 80.9 Å². The minimum Gasteiger partial charge on any atom is -0.508 e. The van der Waals surface area contributed by atoms with E-state index in [0.29, 0.717) is 46.7 Å². The maximum Gasteiger partial charge on any atom is 0.119 e. The summed E-state index contributed by atoms with van der Waals surface area (Å²) in [5.41, 5.74) is 15.6. The van der Waals surface area contributed by atoms with Crippen LogP contribution in [0.3, 0.4) is 0 Å². The highest BCUT2D eigenvalue weighted by molar-refractivity contribution is 5.66. The first kappa shape index (κ1) is 50.2. The zero-order valence-electron chi connectivity index (χ0n) is 46.1. The molecule has 0 bridgehead atoms. The van der Waals surface area contributed by atoms with E-state index in [2.05, 4.69) is 104 Å². The van der Waals surface area contributed by atoms with Crippen LogP contribution >= 0.6 is 0 Å². The molecule has 8 aliphatic carbocycles. The molecule has 0 radical (unpaired) electrons. The van der Waals surface area contributed by atoms with Crippen LogP contribution in [0.2, 0.25) is 0 Å². The van der Waals surface area contributed by atoms with Gasteiger partial charge in [-0.3, -0.25) is 0 Å². The highest BCUT2D eigenvalue weighted by Crippen LogP contribution is 2.67. The molecule has 0 heterocycles. The quantitative estimate of drug-likeness (QED) is 0.154. The molecule has 0 amide bonds. The van der Waals surface area contributed by atoms with Gasteiger partial charge in [0.2, 0.25) is 0 Å². The Bertz CT molecular complexity index is 2500. The Kier molecular flexibility index (Phi) is 12.9. The van der Waals surface area contributed by atoms with E-state index in [0.717, 1.165) is 25.7 Å². The summed E-state index contributed by atoms with van der Waals surface area (Å²) in [5.74, 6) is 3.98. The molecule has 4 saturated carbocycles. The van der Waals surface area contributed by atoms with E-state index in [9.17, 15) is 20.4 Å². The molecule has 12 rings (SSSR count). The monoisotopic (exact) mass is 973 g/mol. The third-order valence-corrected chi connectivity index (χ3v) is 21.3. The van der Waals surface area contributed by atoms with Gasteiger partial charge in [-0.2, -0.15) is 0 Å². The number of phenols is 4. The summed E-state index contributed by atoms with van der Waals surface area (Å²) >= 11 is 0. The van der Waals surface area contributed by atoms with Crippen LogP contribution in [0.5, 0.6) is 23.0 Å². The van der Waals surface area contributed by atoms with Crippen LogP contribution in [0, 0.1) is 0 Å². The van der Waals surface area contributed by atoms with Gasteiger partial charge in [-0.05, 0) is 213 Å². The molecule has 4 aromatic rings. The van der Waals surface area contributed by atoms with Crippen LogP contribution in [-0.4, -0.2) is 20.4 Å². The van der Waals surface area contributed by atoms with Gasteiger partial charge in [0, 0.05) is 10.8 Å².